The van der Waals surface area contributed by atoms with E-state index in [-0.39, 0.29) is 0 Å². The summed E-state index contributed by atoms with van der Waals surface area (Å²) in [5, 5.41) is 1.69. The monoisotopic (exact) mass is 272 g/mol. The highest BCUT2D eigenvalue weighted by Crippen LogP contribution is 2.18. The molecule has 1 aromatic heterocycles. The number of nitrogen functional groups attached to an aromatic ring is 1. The lowest BCUT2D eigenvalue weighted by atomic mass is 10.2. The largest absolute Gasteiger partial charge is 0.399 e. The normalized spacial score (nSPS) is 11.2. The van der Waals surface area contributed by atoms with Crippen molar-refractivity contribution in [2.45, 2.75) is 6.92 Å². The lowest BCUT2D eigenvalue weighted by Crippen LogP contribution is -2.20. The van der Waals surface area contributed by atoms with Crippen LogP contribution in [0.1, 0.15) is 11.1 Å². The van der Waals surface area contributed by atoms with E-state index in [1.165, 1.54) is 0 Å². The zero-order valence-electron chi connectivity index (χ0n) is 10.6. The van der Waals surface area contributed by atoms with Gasteiger partial charge in [0.15, 0.2) is 0 Å². The Balaban J connectivity index is 2.11. The van der Waals surface area contributed by atoms with Crippen LogP contribution >= 0.6 is 12.6 Å². The molecule has 2 aromatic rings. The highest BCUT2D eigenvalue weighted by Gasteiger charge is 2.02. The van der Waals surface area contributed by atoms with E-state index >= 15 is 0 Å². The summed E-state index contributed by atoms with van der Waals surface area (Å²) >= 11 is 4.20. The van der Waals surface area contributed by atoms with Gasteiger partial charge in [0.25, 0.3) is 0 Å². The summed E-state index contributed by atoms with van der Waals surface area (Å²) in [6, 6.07) is 9.54. The zero-order valence-corrected chi connectivity index (χ0v) is 11.5. The number of hydrazine groups is 1. The van der Waals surface area contributed by atoms with Gasteiger partial charge in [0.2, 0.25) is 0 Å². The summed E-state index contributed by atoms with van der Waals surface area (Å²) in [6.45, 7) is 2.01. The SMILES string of the molecule is Cc1ccc(N)cc1NN/C(=C\S)c1cccnc1. The molecule has 98 valence electrons. The third kappa shape index (κ3) is 3.42. The molecule has 19 heavy (non-hydrogen) atoms. The number of nitrogens with zero attached hydrogens (tertiary/aromatic N) is 1. The second-order valence-corrected chi connectivity index (χ2v) is 4.37. The molecule has 0 spiro atoms. The van der Waals surface area contributed by atoms with Crippen molar-refractivity contribution >= 4 is 29.7 Å². The van der Waals surface area contributed by atoms with E-state index in [2.05, 4.69) is 28.5 Å². The van der Waals surface area contributed by atoms with Crippen LogP contribution in [0.15, 0.2) is 48.1 Å². The summed E-state index contributed by atoms with van der Waals surface area (Å²) in [6.07, 6.45) is 3.50. The van der Waals surface area contributed by atoms with Crippen LogP contribution in [-0.2, 0) is 0 Å². The van der Waals surface area contributed by atoms with Crippen LogP contribution in [0.5, 0.6) is 0 Å². The van der Waals surface area contributed by atoms with Gasteiger partial charge in [0.1, 0.15) is 0 Å². The number of nitrogens with two attached hydrogens (primary N) is 1. The lowest BCUT2D eigenvalue weighted by Gasteiger charge is -2.15. The zero-order chi connectivity index (χ0) is 13.7. The maximum Gasteiger partial charge on any atom is 0.0688 e. The van der Waals surface area contributed by atoms with Gasteiger partial charge in [-0.15, -0.1) is 12.6 Å². The fourth-order valence-corrected chi connectivity index (χ4v) is 1.82. The standard InChI is InChI=1S/C14H16N4S/c1-10-4-5-12(15)7-13(10)17-18-14(9-19)11-3-2-6-16-8-11/h2-9,17-19H,15H2,1H3/b14-9-. The van der Waals surface area contributed by atoms with E-state index < -0.39 is 0 Å². The van der Waals surface area contributed by atoms with Gasteiger partial charge < -0.3 is 11.2 Å². The maximum atomic E-state index is 5.77. The number of pyridine rings is 1. The minimum absolute atomic E-state index is 0.715. The molecule has 0 fully saturated rings. The van der Waals surface area contributed by atoms with Gasteiger partial charge in [-0.1, -0.05) is 6.07 Å². The summed E-state index contributed by atoms with van der Waals surface area (Å²) in [4.78, 5) is 4.08. The Kier molecular flexibility index (Phi) is 4.30. The molecule has 0 bridgehead atoms. The van der Waals surface area contributed by atoms with Gasteiger partial charge in [-0.2, -0.15) is 0 Å². The summed E-state index contributed by atoms with van der Waals surface area (Å²) in [5.41, 5.74) is 16.5. The van der Waals surface area contributed by atoms with Crippen LogP contribution in [-0.4, -0.2) is 4.98 Å². The molecule has 1 aromatic carbocycles. The van der Waals surface area contributed by atoms with Crippen LogP contribution in [0.25, 0.3) is 5.70 Å². The van der Waals surface area contributed by atoms with Gasteiger partial charge in [-0.05, 0) is 42.2 Å². The number of aryl methyl sites for hydroxylation is 1. The van der Waals surface area contributed by atoms with Crippen LogP contribution < -0.4 is 16.6 Å². The first-order chi connectivity index (χ1) is 9.20. The van der Waals surface area contributed by atoms with E-state index in [4.69, 9.17) is 5.73 Å². The third-order valence-corrected chi connectivity index (χ3v) is 2.95. The van der Waals surface area contributed by atoms with Gasteiger partial charge in [0.05, 0.1) is 11.4 Å². The predicted molar refractivity (Wildman–Crippen MR) is 83.5 cm³/mol. The average molecular weight is 272 g/mol. The second-order valence-electron chi connectivity index (χ2n) is 4.11. The van der Waals surface area contributed by atoms with Crippen LogP contribution in [0.3, 0.4) is 0 Å². The van der Waals surface area contributed by atoms with Crippen molar-refractivity contribution in [1.29, 1.82) is 0 Å². The van der Waals surface area contributed by atoms with Crippen molar-refractivity contribution in [3.63, 3.8) is 0 Å². The molecule has 0 amide bonds. The molecule has 4 nitrogen and oxygen atoms in total. The summed E-state index contributed by atoms with van der Waals surface area (Å²) in [7, 11) is 0. The molecule has 2 rings (SSSR count). The number of nitrogens with one attached hydrogen (secondary N) is 2. The number of benzene rings is 1. The molecule has 0 unspecified atom stereocenters. The number of aromatic nitrogens is 1. The Hall–Kier alpha value is -2.14. The Morgan fingerprint density at radius 3 is 2.89 bits per heavy atom. The predicted octanol–water partition coefficient (Wildman–Crippen LogP) is 2.82. The van der Waals surface area contributed by atoms with Gasteiger partial charge in [0, 0.05) is 23.6 Å². The minimum atomic E-state index is 0.715. The Morgan fingerprint density at radius 2 is 2.21 bits per heavy atom. The number of thiol groups is 1. The number of rotatable bonds is 4. The van der Waals surface area contributed by atoms with Crippen molar-refractivity contribution in [3.8, 4) is 0 Å². The number of hydrogen-bond donors (Lipinski definition) is 4. The first-order valence-electron chi connectivity index (χ1n) is 5.83. The topological polar surface area (TPSA) is 63.0 Å². The van der Waals surface area contributed by atoms with Crippen molar-refractivity contribution < 1.29 is 0 Å². The molecule has 0 radical (unpaired) electrons. The molecule has 5 heteroatoms. The third-order valence-electron chi connectivity index (χ3n) is 2.70. The fraction of sp³-hybridized carbons (Fsp3) is 0.0714. The van der Waals surface area contributed by atoms with Gasteiger partial charge in [-0.3, -0.25) is 10.4 Å². The number of anilines is 2. The Bertz CT molecular complexity index is 581. The molecular weight excluding hydrogens is 256 g/mol. The van der Waals surface area contributed by atoms with Crippen LogP contribution in [0.2, 0.25) is 0 Å². The molecule has 0 aliphatic rings. The maximum absolute atomic E-state index is 5.77. The van der Waals surface area contributed by atoms with Crippen LogP contribution in [0, 0.1) is 6.92 Å². The molecule has 1 heterocycles. The average Bonchev–Trinajstić information content (AvgIpc) is 2.44. The highest BCUT2D eigenvalue weighted by molar-refractivity contribution is 7.83. The molecule has 0 saturated heterocycles. The molecule has 0 aliphatic carbocycles. The Morgan fingerprint density at radius 1 is 1.37 bits per heavy atom. The minimum Gasteiger partial charge on any atom is -0.399 e. The second kappa shape index (κ2) is 6.15. The van der Waals surface area contributed by atoms with Crippen molar-refractivity contribution in [1.82, 2.24) is 10.4 Å². The molecular formula is C14H16N4S. The smallest absolute Gasteiger partial charge is 0.0688 e. The summed E-state index contributed by atoms with van der Waals surface area (Å²) < 4.78 is 0. The van der Waals surface area contributed by atoms with E-state index in [0.717, 1.165) is 22.5 Å². The quantitative estimate of drug-likeness (QED) is 0.393. The van der Waals surface area contributed by atoms with Crippen molar-refractivity contribution in [2.75, 3.05) is 11.2 Å². The summed E-state index contributed by atoms with van der Waals surface area (Å²) in [5.74, 6) is 0. The van der Waals surface area contributed by atoms with Crippen molar-refractivity contribution in [2.24, 2.45) is 0 Å². The van der Waals surface area contributed by atoms with E-state index in [1.807, 2.05) is 37.3 Å². The first-order valence-corrected chi connectivity index (χ1v) is 6.35. The highest BCUT2D eigenvalue weighted by atomic mass is 32.1. The molecule has 0 saturated carbocycles. The van der Waals surface area contributed by atoms with Crippen molar-refractivity contribution in [3.05, 3.63) is 59.3 Å². The Labute approximate surface area is 118 Å². The number of hydrogen-bond acceptors (Lipinski definition) is 5. The van der Waals surface area contributed by atoms with Gasteiger partial charge >= 0.3 is 0 Å². The molecule has 0 aliphatic heterocycles. The lowest BCUT2D eigenvalue weighted by molar-refractivity contribution is 1.07. The fourth-order valence-electron chi connectivity index (χ4n) is 1.61. The van der Waals surface area contributed by atoms with Crippen LogP contribution in [0.4, 0.5) is 11.4 Å². The van der Waals surface area contributed by atoms with E-state index in [9.17, 15) is 0 Å². The van der Waals surface area contributed by atoms with E-state index in [0.29, 0.717) is 5.69 Å². The molecule has 4 N–H and O–H groups in total. The van der Waals surface area contributed by atoms with E-state index in [1.54, 1.807) is 17.8 Å². The van der Waals surface area contributed by atoms with Gasteiger partial charge in [-0.25, -0.2) is 0 Å². The molecule has 0 atom stereocenters. The first kappa shape index (κ1) is 13.3.